The molecule has 3 nitrogen and oxygen atoms in total. The fourth-order valence-corrected chi connectivity index (χ4v) is 1.56. The Balaban J connectivity index is 2.77. The fraction of sp³-hybridized carbons (Fsp3) is 0.583. The van der Waals surface area contributed by atoms with Gasteiger partial charge in [0.15, 0.2) is 0 Å². The summed E-state index contributed by atoms with van der Waals surface area (Å²) in [6.07, 6.45) is 4.05. The molecule has 0 fully saturated rings. The maximum atomic E-state index is 4.24. The van der Waals surface area contributed by atoms with E-state index in [-0.39, 0.29) is 0 Å². The molecule has 0 amide bonds. The Morgan fingerprint density at radius 2 is 2.33 bits per heavy atom. The number of rotatable bonds is 5. The number of hydrogen-bond donors (Lipinski definition) is 1. The predicted octanol–water partition coefficient (Wildman–Crippen LogP) is 2.30. The molecule has 84 valence electrons. The Morgan fingerprint density at radius 3 is 2.93 bits per heavy atom. The Kier molecular flexibility index (Phi) is 4.56. The molecule has 15 heavy (non-hydrogen) atoms. The molecule has 1 heterocycles. The minimum Gasteiger partial charge on any atom is -0.311 e. The number of nitrogens with one attached hydrogen (secondary N) is 1. The highest BCUT2D eigenvalue weighted by molar-refractivity contribution is 5.49. The Hall–Kier alpha value is -1.09. The van der Waals surface area contributed by atoms with Crippen LogP contribution in [0.2, 0.25) is 0 Å². The number of nitrogens with zero attached hydrogens (tertiary/aromatic N) is 2. The highest BCUT2D eigenvalue weighted by Crippen LogP contribution is 2.09. The van der Waals surface area contributed by atoms with E-state index in [4.69, 9.17) is 0 Å². The van der Waals surface area contributed by atoms with Crippen molar-refractivity contribution < 1.29 is 0 Å². The highest BCUT2D eigenvalue weighted by atomic mass is 15.3. The molecule has 1 unspecified atom stereocenters. The molecule has 0 aliphatic rings. The van der Waals surface area contributed by atoms with E-state index < -0.39 is 0 Å². The molecule has 0 aromatic carbocycles. The Morgan fingerprint density at radius 1 is 1.60 bits per heavy atom. The largest absolute Gasteiger partial charge is 0.311 e. The zero-order valence-corrected chi connectivity index (χ0v) is 10.1. The molecule has 1 rings (SSSR count). The Labute approximate surface area is 92.2 Å². The highest BCUT2D eigenvalue weighted by Gasteiger charge is 2.03. The lowest BCUT2D eigenvalue weighted by Gasteiger charge is -2.13. The van der Waals surface area contributed by atoms with Crippen molar-refractivity contribution >= 4 is 6.08 Å². The molecule has 1 aromatic heterocycles. The lowest BCUT2D eigenvalue weighted by atomic mass is 10.1. The molecular formula is C12H21N3. The fourth-order valence-electron chi connectivity index (χ4n) is 1.56. The second kappa shape index (κ2) is 5.71. The van der Waals surface area contributed by atoms with Crippen LogP contribution < -0.4 is 5.32 Å². The summed E-state index contributed by atoms with van der Waals surface area (Å²) in [5.41, 5.74) is 2.52. The first kappa shape index (κ1) is 12.0. The molecule has 0 spiro atoms. The van der Waals surface area contributed by atoms with Crippen molar-refractivity contribution in [1.82, 2.24) is 15.1 Å². The van der Waals surface area contributed by atoms with Gasteiger partial charge in [0, 0.05) is 18.8 Å². The molecule has 0 radical (unpaired) electrons. The van der Waals surface area contributed by atoms with Crippen molar-refractivity contribution in [2.75, 3.05) is 6.54 Å². The van der Waals surface area contributed by atoms with Crippen LogP contribution in [0.3, 0.4) is 0 Å². The average Bonchev–Trinajstić information content (AvgIpc) is 2.65. The third-order valence-corrected chi connectivity index (χ3v) is 2.62. The van der Waals surface area contributed by atoms with Gasteiger partial charge in [-0.25, -0.2) is 0 Å². The quantitative estimate of drug-likeness (QED) is 0.803. The standard InChI is InChI=1S/C12H21N3/c1-5-13-11(4)10(3)9-12-7-8-14-15(12)6-2/h7-9,11,13H,5-6H2,1-4H3. The molecule has 0 bridgehead atoms. The summed E-state index contributed by atoms with van der Waals surface area (Å²) in [4.78, 5) is 0. The van der Waals surface area contributed by atoms with Crippen molar-refractivity contribution in [3.63, 3.8) is 0 Å². The third-order valence-electron chi connectivity index (χ3n) is 2.62. The van der Waals surface area contributed by atoms with Crippen LogP contribution in [0.1, 0.15) is 33.4 Å². The number of likely N-dealkylation sites (N-methyl/N-ethyl adjacent to an activating group) is 1. The molecule has 1 atom stereocenters. The molecule has 1 aromatic rings. The minimum absolute atomic E-state index is 0.426. The van der Waals surface area contributed by atoms with Crippen molar-refractivity contribution in [2.24, 2.45) is 0 Å². The lowest BCUT2D eigenvalue weighted by Crippen LogP contribution is -2.26. The molecule has 3 heteroatoms. The topological polar surface area (TPSA) is 29.9 Å². The summed E-state index contributed by atoms with van der Waals surface area (Å²) in [6, 6.07) is 2.47. The van der Waals surface area contributed by atoms with E-state index in [2.05, 4.69) is 44.2 Å². The molecule has 1 N–H and O–H groups in total. The summed E-state index contributed by atoms with van der Waals surface area (Å²) < 4.78 is 2.00. The first-order chi connectivity index (χ1) is 7.19. The summed E-state index contributed by atoms with van der Waals surface area (Å²) in [5, 5.41) is 7.64. The van der Waals surface area contributed by atoms with Gasteiger partial charge in [-0.3, -0.25) is 4.68 Å². The van der Waals surface area contributed by atoms with Gasteiger partial charge >= 0.3 is 0 Å². The minimum atomic E-state index is 0.426. The van der Waals surface area contributed by atoms with E-state index in [0.717, 1.165) is 13.1 Å². The number of aromatic nitrogens is 2. The SMILES string of the molecule is CCNC(C)C(C)=Cc1ccnn1CC. The van der Waals surface area contributed by atoms with Crippen molar-refractivity contribution in [1.29, 1.82) is 0 Å². The van der Waals surface area contributed by atoms with Crippen LogP contribution >= 0.6 is 0 Å². The van der Waals surface area contributed by atoms with Crippen molar-refractivity contribution in [3.05, 3.63) is 23.5 Å². The van der Waals surface area contributed by atoms with Crippen LogP contribution in [0.15, 0.2) is 17.8 Å². The van der Waals surface area contributed by atoms with E-state index in [1.807, 2.05) is 16.9 Å². The summed E-state index contributed by atoms with van der Waals surface area (Å²) in [6.45, 7) is 10.5. The van der Waals surface area contributed by atoms with E-state index in [9.17, 15) is 0 Å². The van der Waals surface area contributed by atoms with Crippen molar-refractivity contribution in [3.8, 4) is 0 Å². The normalized spacial score (nSPS) is 14.3. The van der Waals surface area contributed by atoms with Gasteiger partial charge < -0.3 is 5.32 Å². The van der Waals surface area contributed by atoms with Gasteiger partial charge in [0.25, 0.3) is 0 Å². The molecular weight excluding hydrogens is 186 g/mol. The maximum Gasteiger partial charge on any atom is 0.0609 e. The third kappa shape index (κ3) is 3.20. The van der Waals surface area contributed by atoms with Crippen LogP contribution in [0, 0.1) is 0 Å². The van der Waals surface area contributed by atoms with Crippen LogP contribution in [-0.4, -0.2) is 22.4 Å². The zero-order chi connectivity index (χ0) is 11.3. The van der Waals surface area contributed by atoms with Crippen LogP contribution in [0.4, 0.5) is 0 Å². The average molecular weight is 207 g/mol. The molecule has 0 aliphatic carbocycles. The number of hydrogen-bond acceptors (Lipinski definition) is 2. The van der Waals surface area contributed by atoms with Crippen LogP contribution in [-0.2, 0) is 6.54 Å². The predicted molar refractivity (Wildman–Crippen MR) is 64.7 cm³/mol. The van der Waals surface area contributed by atoms with Gasteiger partial charge in [0.2, 0.25) is 0 Å². The molecule has 0 aliphatic heterocycles. The van der Waals surface area contributed by atoms with Crippen LogP contribution in [0.5, 0.6) is 0 Å². The maximum absolute atomic E-state index is 4.24. The first-order valence-electron chi connectivity index (χ1n) is 5.62. The van der Waals surface area contributed by atoms with Gasteiger partial charge in [-0.15, -0.1) is 0 Å². The monoisotopic (exact) mass is 207 g/mol. The van der Waals surface area contributed by atoms with Gasteiger partial charge in [0.1, 0.15) is 0 Å². The number of aryl methyl sites for hydroxylation is 1. The van der Waals surface area contributed by atoms with Gasteiger partial charge in [-0.1, -0.05) is 12.5 Å². The summed E-state index contributed by atoms with van der Waals surface area (Å²) >= 11 is 0. The van der Waals surface area contributed by atoms with Gasteiger partial charge in [-0.2, -0.15) is 5.10 Å². The second-order valence-electron chi connectivity index (χ2n) is 3.74. The second-order valence-corrected chi connectivity index (χ2v) is 3.74. The van der Waals surface area contributed by atoms with E-state index >= 15 is 0 Å². The first-order valence-corrected chi connectivity index (χ1v) is 5.62. The Bertz CT molecular complexity index is 325. The van der Waals surface area contributed by atoms with E-state index in [1.54, 1.807) is 0 Å². The van der Waals surface area contributed by atoms with Crippen LogP contribution in [0.25, 0.3) is 6.08 Å². The zero-order valence-electron chi connectivity index (χ0n) is 10.1. The summed E-state index contributed by atoms with van der Waals surface area (Å²) in [7, 11) is 0. The smallest absolute Gasteiger partial charge is 0.0609 e. The van der Waals surface area contributed by atoms with Crippen molar-refractivity contribution in [2.45, 2.75) is 40.3 Å². The summed E-state index contributed by atoms with van der Waals surface area (Å²) in [5.74, 6) is 0. The molecule has 0 saturated heterocycles. The van der Waals surface area contributed by atoms with E-state index in [0.29, 0.717) is 6.04 Å². The van der Waals surface area contributed by atoms with Gasteiger partial charge in [0.05, 0.1) is 5.69 Å². The molecule has 0 saturated carbocycles. The van der Waals surface area contributed by atoms with Gasteiger partial charge in [-0.05, 0) is 39.5 Å². The lowest BCUT2D eigenvalue weighted by molar-refractivity contribution is 0.631. The van der Waals surface area contributed by atoms with E-state index in [1.165, 1.54) is 11.3 Å².